The Morgan fingerprint density at radius 1 is 1.43 bits per heavy atom. The first kappa shape index (κ1) is 13.3. The van der Waals surface area contributed by atoms with Crippen molar-refractivity contribution in [1.29, 1.82) is 0 Å². The molecule has 0 rings (SSSR count). The first-order valence-corrected chi connectivity index (χ1v) is 4.51. The lowest BCUT2D eigenvalue weighted by Crippen LogP contribution is -2.41. The van der Waals surface area contributed by atoms with Crippen molar-refractivity contribution >= 4 is 12.9 Å². The van der Waals surface area contributed by atoms with Gasteiger partial charge in [0, 0.05) is 6.54 Å². The van der Waals surface area contributed by atoms with Crippen LogP contribution in [0.25, 0.3) is 0 Å². The molecule has 0 unspecified atom stereocenters. The number of nitrogens with zero attached hydrogens (tertiary/aromatic N) is 1. The molecule has 1 amide bonds. The van der Waals surface area contributed by atoms with E-state index in [0.29, 0.717) is 6.54 Å². The van der Waals surface area contributed by atoms with E-state index in [1.54, 1.807) is 0 Å². The average molecular weight is 211 g/mol. The fourth-order valence-corrected chi connectivity index (χ4v) is 0.983. The van der Waals surface area contributed by atoms with Gasteiger partial charge in [-0.1, -0.05) is 6.92 Å². The average Bonchev–Trinajstić information content (AvgIpc) is 1.96. The summed E-state index contributed by atoms with van der Waals surface area (Å²) in [4.78, 5) is 11.9. The summed E-state index contributed by atoms with van der Waals surface area (Å²) >= 11 is 0. The molecule has 0 saturated carbocycles. The molecule has 0 bridgehead atoms. The van der Waals surface area contributed by atoms with Crippen molar-refractivity contribution in [3.05, 3.63) is 0 Å². The molecule has 0 aliphatic carbocycles. The highest BCUT2D eigenvalue weighted by Gasteiger charge is 2.25. The molecule has 14 heavy (non-hydrogen) atoms. The van der Waals surface area contributed by atoms with Crippen molar-refractivity contribution < 1.29 is 17.7 Å². The van der Waals surface area contributed by atoms with E-state index in [2.05, 4.69) is 5.32 Å². The van der Waals surface area contributed by atoms with Crippen molar-refractivity contribution in [3.63, 3.8) is 0 Å². The van der Waals surface area contributed by atoms with Crippen molar-refractivity contribution in [2.24, 2.45) is 0 Å². The highest BCUT2D eigenvalue weighted by atomic mass is 19.4. The van der Waals surface area contributed by atoms with Gasteiger partial charge in [-0.3, -0.25) is 4.79 Å². The van der Waals surface area contributed by atoms with E-state index in [0.717, 1.165) is 11.3 Å². The van der Waals surface area contributed by atoms with Crippen molar-refractivity contribution in [2.75, 3.05) is 26.6 Å². The molecule has 0 heterocycles. The van der Waals surface area contributed by atoms with E-state index in [4.69, 9.17) is 0 Å². The molecular formula is C7H15BF3N2O-. The van der Waals surface area contributed by atoms with E-state index in [1.165, 1.54) is 7.05 Å². The lowest BCUT2D eigenvalue weighted by atomic mass is 9.91. The van der Waals surface area contributed by atoms with Crippen LogP contribution in [0.2, 0.25) is 0 Å². The second-order valence-corrected chi connectivity index (χ2v) is 3.26. The third-order valence-electron chi connectivity index (χ3n) is 1.50. The van der Waals surface area contributed by atoms with Gasteiger partial charge in [0.25, 0.3) is 0 Å². The highest BCUT2D eigenvalue weighted by molar-refractivity contribution is 6.58. The minimum Gasteiger partial charge on any atom is -0.448 e. The Bertz CT molecular complexity index is 186. The van der Waals surface area contributed by atoms with Gasteiger partial charge in [-0.25, -0.2) is 0 Å². The molecule has 0 aromatic rings. The molecule has 7 heteroatoms. The van der Waals surface area contributed by atoms with Crippen LogP contribution in [-0.2, 0) is 4.79 Å². The molecule has 0 atom stereocenters. The standard InChI is InChI=1S/C7H15BF3N2O/c1-3-4-12-7(14)5-13(2)6-8(9,10)11/h3-6H2,1-2H3,(H,12,14)/q-1. The Hall–Kier alpha value is -0.715. The summed E-state index contributed by atoms with van der Waals surface area (Å²) in [6.45, 7) is -2.67. The molecule has 0 aromatic carbocycles. The molecule has 0 radical (unpaired) electrons. The molecular weight excluding hydrogens is 196 g/mol. The van der Waals surface area contributed by atoms with Gasteiger partial charge in [-0.2, -0.15) is 0 Å². The lowest BCUT2D eigenvalue weighted by molar-refractivity contribution is -0.121. The number of hydrogen-bond donors (Lipinski definition) is 1. The van der Waals surface area contributed by atoms with Gasteiger partial charge in [0.05, 0.1) is 6.54 Å². The molecule has 0 aliphatic rings. The molecule has 0 fully saturated rings. The second kappa shape index (κ2) is 5.90. The van der Waals surface area contributed by atoms with Crippen LogP contribution in [0, 0.1) is 0 Å². The molecule has 1 N–H and O–H groups in total. The third-order valence-corrected chi connectivity index (χ3v) is 1.50. The van der Waals surface area contributed by atoms with Crippen LogP contribution in [0.3, 0.4) is 0 Å². The summed E-state index contributed by atoms with van der Waals surface area (Å²) < 4.78 is 35.7. The Labute approximate surface area is 81.7 Å². The number of halogens is 3. The summed E-state index contributed by atoms with van der Waals surface area (Å²) in [7, 11) is 1.28. The number of hydrogen-bond acceptors (Lipinski definition) is 2. The first-order valence-electron chi connectivity index (χ1n) is 4.51. The second-order valence-electron chi connectivity index (χ2n) is 3.26. The van der Waals surface area contributed by atoms with Crippen LogP contribution in [0.15, 0.2) is 0 Å². The van der Waals surface area contributed by atoms with E-state index in [9.17, 15) is 17.7 Å². The summed E-state index contributed by atoms with van der Waals surface area (Å²) in [5, 5.41) is 2.51. The zero-order valence-electron chi connectivity index (χ0n) is 8.40. The van der Waals surface area contributed by atoms with Crippen molar-refractivity contribution in [2.45, 2.75) is 13.3 Å². The van der Waals surface area contributed by atoms with Crippen LogP contribution in [0.1, 0.15) is 13.3 Å². The maximum absolute atomic E-state index is 11.9. The van der Waals surface area contributed by atoms with E-state index >= 15 is 0 Å². The fourth-order valence-electron chi connectivity index (χ4n) is 0.983. The van der Waals surface area contributed by atoms with Crippen LogP contribution in [0.4, 0.5) is 12.9 Å². The number of rotatable bonds is 6. The zero-order chi connectivity index (χ0) is 11.2. The number of carbonyl (C=O) groups is 1. The zero-order valence-corrected chi connectivity index (χ0v) is 8.40. The van der Waals surface area contributed by atoms with E-state index < -0.39 is 13.4 Å². The topological polar surface area (TPSA) is 32.3 Å². The van der Waals surface area contributed by atoms with Gasteiger partial charge in [-0.15, -0.1) is 0 Å². The molecule has 0 aromatic heterocycles. The summed E-state index contributed by atoms with van der Waals surface area (Å²) in [5.41, 5.74) is 0. The van der Waals surface area contributed by atoms with Crippen LogP contribution >= 0.6 is 0 Å². The Morgan fingerprint density at radius 3 is 2.43 bits per heavy atom. The largest absolute Gasteiger partial charge is 0.492 e. The normalized spacial score (nSPS) is 11.9. The number of likely N-dealkylation sites (N-methyl/N-ethyl adjacent to an activating group) is 1. The van der Waals surface area contributed by atoms with Gasteiger partial charge in [0.2, 0.25) is 5.91 Å². The number of nitrogens with one attached hydrogen (secondary N) is 1. The van der Waals surface area contributed by atoms with Gasteiger partial charge >= 0.3 is 6.98 Å². The van der Waals surface area contributed by atoms with Gasteiger partial charge in [0.15, 0.2) is 0 Å². The maximum Gasteiger partial charge on any atom is 0.492 e. The molecule has 84 valence electrons. The molecule has 0 aliphatic heterocycles. The van der Waals surface area contributed by atoms with Crippen molar-refractivity contribution in [3.8, 4) is 0 Å². The molecule has 0 saturated heterocycles. The lowest BCUT2D eigenvalue weighted by Gasteiger charge is -2.22. The highest BCUT2D eigenvalue weighted by Crippen LogP contribution is 2.08. The van der Waals surface area contributed by atoms with Crippen LogP contribution in [0.5, 0.6) is 0 Å². The summed E-state index contributed by atoms with van der Waals surface area (Å²) in [6.07, 6.45) is -0.224. The first-order chi connectivity index (χ1) is 6.35. The summed E-state index contributed by atoms with van der Waals surface area (Å²) in [6, 6.07) is 0. The fraction of sp³-hybridized carbons (Fsp3) is 0.857. The quantitative estimate of drug-likeness (QED) is 0.660. The molecule has 3 nitrogen and oxygen atoms in total. The minimum atomic E-state index is -4.85. The van der Waals surface area contributed by atoms with Crippen LogP contribution in [-0.4, -0.2) is 44.4 Å². The number of amides is 1. The van der Waals surface area contributed by atoms with E-state index in [1.807, 2.05) is 6.92 Å². The number of carbonyl (C=O) groups excluding carboxylic acids is 1. The Balaban J connectivity index is 3.71. The molecule has 0 spiro atoms. The SMILES string of the molecule is CCCNC(=O)CN(C)C[B-](F)(F)F. The van der Waals surface area contributed by atoms with Crippen LogP contribution < -0.4 is 5.32 Å². The van der Waals surface area contributed by atoms with Gasteiger partial charge in [-0.05, 0) is 19.9 Å². The van der Waals surface area contributed by atoms with Gasteiger partial charge < -0.3 is 23.2 Å². The maximum atomic E-state index is 11.9. The Morgan fingerprint density at radius 2 is 2.00 bits per heavy atom. The minimum absolute atomic E-state index is 0.207. The summed E-state index contributed by atoms with van der Waals surface area (Å²) in [5.74, 6) is -0.366. The van der Waals surface area contributed by atoms with E-state index in [-0.39, 0.29) is 12.5 Å². The monoisotopic (exact) mass is 211 g/mol. The predicted molar refractivity (Wildman–Crippen MR) is 49.9 cm³/mol. The van der Waals surface area contributed by atoms with Crippen molar-refractivity contribution in [1.82, 2.24) is 10.2 Å². The third kappa shape index (κ3) is 7.91. The smallest absolute Gasteiger partial charge is 0.448 e. The van der Waals surface area contributed by atoms with Gasteiger partial charge in [0.1, 0.15) is 0 Å². The Kier molecular flexibility index (Phi) is 5.60. The predicted octanol–water partition coefficient (Wildman–Crippen LogP) is 0.831.